The Kier molecular flexibility index (Phi) is 10.2. The highest BCUT2D eigenvalue weighted by Gasteiger charge is 2.23. The van der Waals surface area contributed by atoms with Crippen molar-refractivity contribution in [1.29, 1.82) is 0 Å². The maximum Gasteiger partial charge on any atom is 0.188 e. The minimum absolute atomic E-state index is 0. The van der Waals surface area contributed by atoms with Crippen molar-refractivity contribution < 1.29 is 4.74 Å². The van der Waals surface area contributed by atoms with Gasteiger partial charge in [0, 0.05) is 29.4 Å². The van der Waals surface area contributed by atoms with Gasteiger partial charge in [-0.05, 0) is 31.4 Å². The first-order valence-electron chi connectivity index (χ1n) is 8.48. The molecule has 2 rings (SSSR count). The van der Waals surface area contributed by atoms with Crippen molar-refractivity contribution in [2.75, 3.05) is 39.4 Å². The van der Waals surface area contributed by atoms with Gasteiger partial charge in [0.2, 0.25) is 0 Å². The van der Waals surface area contributed by atoms with Gasteiger partial charge in [0.15, 0.2) is 5.96 Å². The van der Waals surface area contributed by atoms with E-state index in [1.807, 2.05) is 11.3 Å². The van der Waals surface area contributed by atoms with E-state index in [1.54, 1.807) is 0 Å². The molecule has 0 aromatic carbocycles. The lowest BCUT2D eigenvalue weighted by atomic mass is 10.1. The summed E-state index contributed by atoms with van der Waals surface area (Å²) in [6, 6.07) is 4.70. The molecule has 0 radical (unpaired) electrons. The number of nitrogens with zero attached hydrogens (tertiary/aromatic N) is 2. The summed E-state index contributed by atoms with van der Waals surface area (Å²) < 4.78 is 5.48. The Bertz CT molecular complexity index is 501. The molecule has 1 aromatic rings. The Morgan fingerprint density at radius 3 is 2.67 bits per heavy atom. The number of aliphatic imine (C=N–C) groups is 1. The number of nitrogens with two attached hydrogens (primary N) is 1. The van der Waals surface area contributed by atoms with Crippen LogP contribution in [0.3, 0.4) is 0 Å². The monoisotopic (exact) mass is 466 g/mol. The van der Waals surface area contributed by atoms with E-state index in [0.717, 1.165) is 39.3 Å². The molecule has 1 saturated heterocycles. The first-order chi connectivity index (χ1) is 11.1. The van der Waals surface area contributed by atoms with E-state index < -0.39 is 0 Å². The number of ether oxygens (including phenoxy) is 1. The van der Waals surface area contributed by atoms with Crippen molar-refractivity contribution in [2.45, 2.75) is 33.2 Å². The number of nitrogens with one attached hydrogen (secondary N) is 1. The standard InChI is InChI=1S/C17H30N4OS.HI/c1-13(2)6-7-19-17(18)20-12-15(16-5-4-14(3)23-16)21-8-10-22-11-9-21;/h4-5,13,15H,6-12H2,1-3H3,(H3,18,19,20);1H. The summed E-state index contributed by atoms with van der Waals surface area (Å²) in [5.74, 6) is 1.22. The number of halogens is 1. The Hall–Kier alpha value is -0.380. The summed E-state index contributed by atoms with van der Waals surface area (Å²) in [5.41, 5.74) is 6.02. The van der Waals surface area contributed by atoms with Gasteiger partial charge in [-0.15, -0.1) is 35.3 Å². The molecule has 3 N–H and O–H groups in total. The topological polar surface area (TPSA) is 62.9 Å². The second kappa shape index (κ2) is 11.3. The molecule has 2 heterocycles. The van der Waals surface area contributed by atoms with Gasteiger partial charge in [-0.2, -0.15) is 0 Å². The fraction of sp³-hybridized carbons (Fsp3) is 0.706. The number of hydrogen-bond donors (Lipinski definition) is 2. The summed E-state index contributed by atoms with van der Waals surface area (Å²) in [6.45, 7) is 11.7. The van der Waals surface area contributed by atoms with Crippen LogP contribution >= 0.6 is 35.3 Å². The van der Waals surface area contributed by atoms with E-state index in [0.29, 0.717) is 24.5 Å². The summed E-state index contributed by atoms with van der Waals surface area (Å²) >= 11 is 1.85. The molecule has 1 fully saturated rings. The zero-order valence-corrected chi connectivity index (χ0v) is 18.1. The van der Waals surface area contributed by atoms with Gasteiger partial charge in [0.25, 0.3) is 0 Å². The van der Waals surface area contributed by atoms with Crippen LogP contribution < -0.4 is 11.1 Å². The van der Waals surface area contributed by atoms with Gasteiger partial charge < -0.3 is 15.8 Å². The molecule has 7 heteroatoms. The second-order valence-electron chi connectivity index (χ2n) is 6.45. The average Bonchev–Trinajstić information content (AvgIpc) is 2.94. The summed E-state index contributed by atoms with van der Waals surface area (Å²) in [4.78, 5) is 9.75. The molecule has 0 saturated carbocycles. The second-order valence-corrected chi connectivity index (χ2v) is 7.77. The number of rotatable bonds is 7. The van der Waals surface area contributed by atoms with E-state index in [1.165, 1.54) is 9.75 Å². The molecule has 1 unspecified atom stereocenters. The van der Waals surface area contributed by atoms with Gasteiger partial charge in [-0.25, -0.2) is 0 Å². The molecular weight excluding hydrogens is 435 g/mol. The third-order valence-electron chi connectivity index (χ3n) is 4.04. The fourth-order valence-electron chi connectivity index (χ4n) is 2.64. The highest BCUT2D eigenvalue weighted by molar-refractivity contribution is 14.0. The molecule has 0 aliphatic carbocycles. The van der Waals surface area contributed by atoms with E-state index in [4.69, 9.17) is 10.5 Å². The third kappa shape index (κ3) is 7.25. The molecule has 1 atom stereocenters. The number of morpholine rings is 1. The summed E-state index contributed by atoms with van der Waals surface area (Å²) in [6.07, 6.45) is 1.10. The van der Waals surface area contributed by atoms with Gasteiger partial charge in [-0.1, -0.05) is 13.8 Å². The Balaban J connectivity index is 0.00000288. The van der Waals surface area contributed by atoms with Crippen molar-refractivity contribution in [3.8, 4) is 0 Å². The molecule has 1 aliphatic rings. The number of aryl methyl sites for hydroxylation is 1. The number of guanidine groups is 1. The third-order valence-corrected chi connectivity index (χ3v) is 5.14. The summed E-state index contributed by atoms with van der Waals surface area (Å²) in [7, 11) is 0. The van der Waals surface area contributed by atoms with Crippen molar-refractivity contribution in [2.24, 2.45) is 16.6 Å². The number of hydrogen-bond acceptors (Lipinski definition) is 4. The molecule has 5 nitrogen and oxygen atoms in total. The van der Waals surface area contributed by atoms with E-state index in [2.05, 4.69) is 48.1 Å². The highest BCUT2D eigenvalue weighted by atomic mass is 127. The van der Waals surface area contributed by atoms with Crippen molar-refractivity contribution >= 4 is 41.3 Å². The van der Waals surface area contributed by atoms with Crippen molar-refractivity contribution in [1.82, 2.24) is 10.2 Å². The largest absolute Gasteiger partial charge is 0.379 e. The van der Waals surface area contributed by atoms with E-state index >= 15 is 0 Å². The predicted molar refractivity (Wildman–Crippen MR) is 114 cm³/mol. The lowest BCUT2D eigenvalue weighted by Crippen LogP contribution is -2.40. The Morgan fingerprint density at radius 2 is 2.08 bits per heavy atom. The Morgan fingerprint density at radius 1 is 1.38 bits per heavy atom. The average molecular weight is 466 g/mol. The van der Waals surface area contributed by atoms with Crippen LogP contribution in [0.5, 0.6) is 0 Å². The van der Waals surface area contributed by atoms with Crippen molar-refractivity contribution in [3.63, 3.8) is 0 Å². The van der Waals surface area contributed by atoms with E-state index in [9.17, 15) is 0 Å². The maximum atomic E-state index is 6.02. The van der Waals surface area contributed by atoms with E-state index in [-0.39, 0.29) is 24.0 Å². The lowest BCUT2D eigenvalue weighted by Gasteiger charge is -2.33. The van der Waals surface area contributed by atoms with Crippen LogP contribution in [0.1, 0.15) is 36.1 Å². The Labute approximate surface area is 167 Å². The van der Waals surface area contributed by atoms with Crippen LogP contribution in [-0.2, 0) is 4.74 Å². The molecule has 138 valence electrons. The van der Waals surface area contributed by atoms with Crippen LogP contribution in [0, 0.1) is 12.8 Å². The van der Waals surface area contributed by atoms with Gasteiger partial charge in [-0.3, -0.25) is 9.89 Å². The zero-order chi connectivity index (χ0) is 16.7. The van der Waals surface area contributed by atoms with Gasteiger partial charge >= 0.3 is 0 Å². The summed E-state index contributed by atoms with van der Waals surface area (Å²) in [5, 5.41) is 3.22. The molecule has 0 bridgehead atoms. The molecule has 0 spiro atoms. The van der Waals surface area contributed by atoms with Gasteiger partial charge in [0.1, 0.15) is 0 Å². The zero-order valence-electron chi connectivity index (χ0n) is 15.0. The molecule has 24 heavy (non-hydrogen) atoms. The maximum absolute atomic E-state index is 6.02. The van der Waals surface area contributed by atoms with Crippen LogP contribution in [-0.4, -0.2) is 50.3 Å². The van der Waals surface area contributed by atoms with Crippen LogP contribution in [0.2, 0.25) is 0 Å². The molecular formula is C17H31IN4OS. The lowest BCUT2D eigenvalue weighted by molar-refractivity contribution is 0.0187. The molecule has 0 amide bonds. The fourth-order valence-corrected chi connectivity index (χ4v) is 3.64. The van der Waals surface area contributed by atoms with Crippen LogP contribution in [0.25, 0.3) is 0 Å². The first kappa shape index (κ1) is 21.7. The molecule has 1 aliphatic heterocycles. The SMILES string of the molecule is Cc1ccc(C(CN=C(N)NCCC(C)C)N2CCOCC2)s1.I. The minimum Gasteiger partial charge on any atom is -0.379 e. The minimum atomic E-state index is 0. The normalized spacial score (nSPS) is 17.6. The smallest absolute Gasteiger partial charge is 0.188 e. The first-order valence-corrected chi connectivity index (χ1v) is 9.30. The predicted octanol–water partition coefficient (Wildman–Crippen LogP) is 3.00. The van der Waals surface area contributed by atoms with Gasteiger partial charge in [0.05, 0.1) is 25.8 Å². The highest BCUT2D eigenvalue weighted by Crippen LogP contribution is 2.28. The van der Waals surface area contributed by atoms with Crippen LogP contribution in [0.15, 0.2) is 17.1 Å². The quantitative estimate of drug-likeness (QED) is 0.369. The van der Waals surface area contributed by atoms with Crippen LogP contribution in [0.4, 0.5) is 0 Å². The number of thiophene rings is 1. The molecule has 1 aromatic heterocycles. The van der Waals surface area contributed by atoms with Crippen molar-refractivity contribution in [3.05, 3.63) is 21.9 Å².